The van der Waals surface area contributed by atoms with Gasteiger partial charge < -0.3 is 29.4 Å². The van der Waals surface area contributed by atoms with E-state index in [1.807, 2.05) is 18.2 Å². The number of primary amides is 1. The SMILES string of the molecule is CCc1noc(NC(=O)CN2CC(c3ccc(OC)c(OC4CCOC4)c3)CC2=O)c1C(N)=O. The molecule has 2 aliphatic heterocycles. The number of nitrogens with zero attached hydrogens (tertiary/aromatic N) is 2. The summed E-state index contributed by atoms with van der Waals surface area (Å²) in [6.45, 7) is 3.16. The molecule has 2 fully saturated rings. The molecule has 182 valence electrons. The summed E-state index contributed by atoms with van der Waals surface area (Å²) >= 11 is 0. The zero-order valence-corrected chi connectivity index (χ0v) is 19.2. The average molecular weight is 472 g/mol. The quantitative estimate of drug-likeness (QED) is 0.558. The predicted molar refractivity (Wildman–Crippen MR) is 120 cm³/mol. The molecule has 0 aliphatic carbocycles. The first kappa shape index (κ1) is 23.6. The van der Waals surface area contributed by atoms with Crippen molar-refractivity contribution < 1.29 is 33.1 Å². The van der Waals surface area contributed by atoms with Crippen molar-refractivity contribution in [3.8, 4) is 11.5 Å². The van der Waals surface area contributed by atoms with Crippen molar-refractivity contribution >= 4 is 23.6 Å². The lowest BCUT2D eigenvalue weighted by molar-refractivity contribution is -0.131. The maximum Gasteiger partial charge on any atom is 0.256 e. The van der Waals surface area contributed by atoms with Gasteiger partial charge in [0.25, 0.3) is 5.91 Å². The van der Waals surface area contributed by atoms with E-state index in [1.54, 1.807) is 14.0 Å². The summed E-state index contributed by atoms with van der Waals surface area (Å²) in [7, 11) is 1.58. The molecule has 2 aliphatic rings. The first-order valence-corrected chi connectivity index (χ1v) is 11.2. The van der Waals surface area contributed by atoms with Gasteiger partial charge >= 0.3 is 0 Å². The Morgan fingerprint density at radius 1 is 1.32 bits per heavy atom. The zero-order valence-electron chi connectivity index (χ0n) is 19.2. The van der Waals surface area contributed by atoms with E-state index in [-0.39, 0.29) is 42.3 Å². The third-order valence-electron chi connectivity index (χ3n) is 5.99. The normalized spacial score (nSPS) is 19.9. The largest absolute Gasteiger partial charge is 0.493 e. The molecule has 2 atom stereocenters. The summed E-state index contributed by atoms with van der Waals surface area (Å²) in [5.41, 5.74) is 6.71. The molecule has 3 amide bonds. The van der Waals surface area contributed by atoms with Crippen molar-refractivity contribution in [3.05, 3.63) is 35.0 Å². The Balaban J connectivity index is 1.42. The van der Waals surface area contributed by atoms with Gasteiger partial charge in [-0.15, -0.1) is 0 Å². The third-order valence-corrected chi connectivity index (χ3v) is 5.99. The first-order chi connectivity index (χ1) is 16.4. The van der Waals surface area contributed by atoms with Crippen LogP contribution in [-0.2, 0) is 20.7 Å². The Hall–Kier alpha value is -3.60. The average Bonchev–Trinajstić information content (AvgIpc) is 3.54. The van der Waals surface area contributed by atoms with Gasteiger partial charge in [-0.1, -0.05) is 18.1 Å². The van der Waals surface area contributed by atoms with Crippen LogP contribution >= 0.6 is 0 Å². The number of carbonyl (C=O) groups excluding carboxylic acids is 3. The van der Waals surface area contributed by atoms with Crippen LogP contribution in [0.2, 0.25) is 0 Å². The van der Waals surface area contributed by atoms with Gasteiger partial charge in [-0.2, -0.15) is 0 Å². The summed E-state index contributed by atoms with van der Waals surface area (Å²) in [5, 5.41) is 6.27. The van der Waals surface area contributed by atoms with Crippen LogP contribution in [0.15, 0.2) is 22.7 Å². The van der Waals surface area contributed by atoms with E-state index in [1.165, 1.54) is 4.90 Å². The van der Waals surface area contributed by atoms with Crippen molar-refractivity contribution in [2.75, 3.05) is 38.7 Å². The molecule has 1 aromatic heterocycles. The van der Waals surface area contributed by atoms with Gasteiger partial charge in [0, 0.05) is 25.3 Å². The number of likely N-dealkylation sites (tertiary alicyclic amines) is 1. The molecule has 4 rings (SSSR count). The number of ether oxygens (including phenoxy) is 3. The lowest BCUT2D eigenvalue weighted by Crippen LogP contribution is -2.34. The minimum Gasteiger partial charge on any atom is -0.493 e. The molecule has 2 saturated heterocycles. The number of hydrogen-bond donors (Lipinski definition) is 2. The Kier molecular flexibility index (Phi) is 7.01. The monoisotopic (exact) mass is 472 g/mol. The molecule has 0 bridgehead atoms. The van der Waals surface area contributed by atoms with Crippen molar-refractivity contribution in [2.24, 2.45) is 5.73 Å². The smallest absolute Gasteiger partial charge is 0.256 e. The van der Waals surface area contributed by atoms with E-state index >= 15 is 0 Å². The van der Waals surface area contributed by atoms with E-state index in [4.69, 9.17) is 24.5 Å². The topological polar surface area (TPSA) is 146 Å². The van der Waals surface area contributed by atoms with E-state index in [0.717, 1.165) is 12.0 Å². The number of amides is 3. The van der Waals surface area contributed by atoms with Crippen molar-refractivity contribution in [3.63, 3.8) is 0 Å². The number of hydrogen-bond acceptors (Lipinski definition) is 8. The molecule has 2 unspecified atom stereocenters. The van der Waals surface area contributed by atoms with Crippen molar-refractivity contribution in [1.29, 1.82) is 0 Å². The number of aryl methyl sites for hydroxylation is 1. The minimum atomic E-state index is -0.743. The number of nitrogens with two attached hydrogens (primary N) is 1. The second-order valence-electron chi connectivity index (χ2n) is 8.29. The van der Waals surface area contributed by atoms with Crippen LogP contribution in [0.4, 0.5) is 5.88 Å². The second kappa shape index (κ2) is 10.1. The van der Waals surface area contributed by atoms with Gasteiger partial charge in [-0.25, -0.2) is 0 Å². The molecule has 3 N–H and O–H groups in total. The van der Waals surface area contributed by atoms with Gasteiger partial charge in [0.1, 0.15) is 11.7 Å². The Morgan fingerprint density at radius 2 is 2.15 bits per heavy atom. The summed E-state index contributed by atoms with van der Waals surface area (Å²) in [6, 6.07) is 5.61. The van der Waals surface area contributed by atoms with E-state index in [9.17, 15) is 14.4 Å². The Labute approximate surface area is 196 Å². The Bertz CT molecular complexity index is 1080. The molecule has 1 aromatic carbocycles. The van der Waals surface area contributed by atoms with E-state index in [0.29, 0.717) is 43.4 Å². The number of methoxy groups -OCH3 is 1. The maximum absolute atomic E-state index is 12.6. The standard InChI is InChI=1S/C23H28N4O7/c1-3-16-21(22(24)30)23(34-26-16)25-19(28)11-27-10-14(9-20(27)29)13-4-5-17(31-2)18(8-13)33-15-6-7-32-12-15/h4-5,8,14-15H,3,6-7,9-12H2,1-2H3,(H2,24,30)(H,25,28). The fourth-order valence-corrected chi connectivity index (χ4v) is 4.22. The highest BCUT2D eigenvalue weighted by Gasteiger charge is 2.33. The van der Waals surface area contributed by atoms with Crippen LogP contribution in [0, 0.1) is 0 Å². The van der Waals surface area contributed by atoms with Gasteiger partial charge in [0.2, 0.25) is 17.7 Å². The number of nitrogens with one attached hydrogen (secondary N) is 1. The molecule has 11 heteroatoms. The van der Waals surface area contributed by atoms with Crippen molar-refractivity contribution in [2.45, 2.75) is 38.2 Å². The van der Waals surface area contributed by atoms with Crippen LogP contribution in [0.3, 0.4) is 0 Å². The minimum absolute atomic E-state index is 0.0378. The molecule has 0 spiro atoms. The number of carbonyl (C=O) groups is 3. The lowest BCUT2D eigenvalue weighted by Gasteiger charge is -2.18. The van der Waals surface area contributed by atoms with Crippen LogP contribution in [0.25, 0.3) is 0 Å². The highest BCUT2D eigenvalue weighted by molar-refractivity contribution is 6.03. The molecular weight excluding hydrogens is 444 g/mol. The summed E-state index contributed by atoms with van der Waals surface area (Å²) in [4.78, 5) is 38.4. The van der Waals surface area contributed by atoms with Crippen LogP contribution in [0.1, 0.15) is 47.3 Å². The van der Waals surface area contributed by atoms with Crippen LogP contribution < -0.4 is 20.5 Å². The zero-order chi connectivity index (χ0) is 24.2. The highest BCUT2D eigenvalue weighted by Crippen LogP contribution is 2.36. The molecule has 3 heterocycles. The van der Waals surface area contributed by atoms with Crippen molar-refractivity contribution in [1.82, 2.24) is 10.1 Å². The molecule has 0 saturated carbocycles. The molecule has 34 heavy (non-hydrogen) atoms. The van der Waals surface area contributed by atoms with E-state index in [2.05, 4.69) is 10.5 Å². The lowest BCUT2D eigenvalue weighted by atomic mass is 9.98. The summed E-state index contributed by atoms with van der Waals surface area (Å²) < 4.78 is 21.9. The van der Waals surface area contributed by atoms with Crippen LogP contribution in [-0.4, -0.2) is 67.3 Å². The number of anilines is 1. The van der Waals surface area contributed by atoms with Crippen LogP contribution in [0.5, 0.6) is 11.5 Å². The summed E-state index contributed by atoms with van der Waals surface area (Å²) in [6.07, 6.45) is 1.45. The first-order valence-electron chi connectivity index (χ1n) is 11.2. The van der Waals surface area contributed by atoms with E-state index < -0.39 is 11.8 Å². The van der Waals surface area contributed by atoms with Gasteiger partial charge in [-0.3, -0.25) is 19.7 Å². The number of benzene rings is 1. The van der Waals surface area contributed by atoms with Gasteiger partial charge in [-0.05, 0) is 24.1 Å². The molecule has 11 nitrogen and oxygen atoms in total. The Morgan fingerprint density at radius 3 is 2.82 bits per heavy atom. The second-order valence-corrected chi connectivity index (χ2v) is 8.29. The highest BCUT2D eigenvalue weighted by atomic mass is 16.6. The maximum atomic E-state index is 12.6. The molecule has 0 radical (unpaired) electrons. The number of rotatable bonds is 9. The molecule has 2 aromatic rings. The fourth-order valence-electron chi connectivity index (χ4n) is 4.22. The van der Waals surface area contributed by atoms with Gasteiger partial charge in [0.15, 0.2) is 11.5 Å². The third kappa shape index (κ3) is 4.98. The summed E-state index contributed by atoms with van der Waals surface area (Å²) in [5.74, 6) is -0.390. The fraction of sp³-hybridized carbons (Fsp3) is 0.478. The van der Waals surface area contributed by atoms with Gasteiger partial charge in [0.05, 0.1) is 32.6 Å². The number of aromatic nitrogens is 1. The predicted octanol–water partition coefficient (Wildman–Crippen LogP) is 1.47. The molecular formula is C23H28N4O7.